The Bertz CT molecular complexity index is 2160. The number of hydrogen-bond acceptors (Lipinski definition) is 2. The molecular formula is C50H50N2O4P2Ru+2. The Morgan fingerprint density at radius 1 is 0.373 bits per heavy atom. The molecule has 0 aliphatic rings. The molecule has 9 heteroatoms. The van der Waals surface area contributed by atoms with Crippen molar-refractivity contribution in [2.75, 3.05) is 13.1 Å². The predicted molar refractivity (Wildman–Crippen MR) is 253 cm³/mol. The zero-order chi connectivity index (χ0) is 41.5. The molecule has 8 aromatic carbocycles. The second-order valence-electron chi connectivity index (χ2n) is 12.9. The number of hydrogen-bond donors (Lipinski definition) is 2. The van der Waals surface area contributed by atoms with Gasteiger partial charge in [0.15, 0.2) is 0 Å². The molecule has 0 atom stereocenters. The van der Waals surface area contributed by atoms with Crippen LogP contribution in [0.2, 0.25) is 0 Å². The van der Waals surface area contributed by atoms with Gasteiger partial charge >= 0.3 is 19.5 Å². The monoisotopic (exact) mass is 906 g/mol. The average molecular weight is 906 g/mol. The van der Waals surface area contributed by atoms with Crippen molar-refractivity contribution in [1.29, 1.82) is 0 Å². The van der Waals surface area contributed by atoms with Crippen LogP contribution in [0.4, 0.5) is 0 Å². The first-order valence-electron chi connectivity index (χ1n) is 18.8. The summed E-state index contributed by atoms with van der Waals surface area (Å²) in [5, 5.41) is 28.7. The van der Waals surface area contributed by atoms with Gasteiger partial charge in [-0.2, -0.15) is 13.1 Å². The molecule has 8 rings (SSSR count). The van der Waals surface area contributed by atoms with E-state index in [1.807, 2.05) is 0 Å². The summed E-state index contributed by atoms with van der Waals surface area (Å²) in [6.07, 6.45) is 0. The number of carboxylic acid groups (broad SMARTS) is 2. The van der Waals surface area contributed by atoms with E-state index >= 15 is 0 Å². The zero-order valence-electron chi connectivity index (χ0n) is 33.1. The van der Waals surface area contributed by atoms with E-state index in [1.54, 1.807) is 0 Å². The summed E-state index contributed by atoms with van der Waals surface area (Å²) in [4.78, 5) is 18.0. The molecule has 300 valence electrons. The molecule has 0 saturated heterocycles. The maximum Gasteiger partial charge on any atom is 2.00 e. The van der Waals surface area contributed by atoms with Crippen LogP contribution in [0, 0.1) is 0 Å². The van der Waals surface area contributed by atoms with Crippen LogP contribution in [0.5, 0.6) is 0 Å². The van der Waals surface area contributed by atoms with Crippen molar-refractivity contribution in [1.82, 2.24) is 0 Å². The van der Waals surface area contributed by atoms with Crippen molar-refractivity contribution in [2.24, 2.45) is 0 Å². The van der Waals surface area contributed by atoms with Crippen LogP contribution >= 0.6 is 15.8 Å². The summed E-state index contributed by atoms with van der Waals surface area (Å²) >= 11 is 0. The van der Waals surface area contributed by atoms with Gasteiger partial charge < -0.3 is 21.7 Å². The van der Waals surface area contributed by atoms with Gasteiger partial charge in [-0.3, -0.25) is 9.59 Å². The fourth-order valence-electron chi connectivity index (χ4n) is 6.11. The summed E-state index contributed by atoms with van der Waals surface area (Å²) in [5.41, 5.74) is 12.5. The Morgan fingerprint density at radius 2 is 0.593 bits per heavy atom. The van der Waals surface area contributed by atoms with E-state index in [9.17, 15) is 0 Å². The first kappa shape index (κ1) is 48.0. The maximum absolute atomic E-state index is 9.00. The quantitative estimate of drug-likeness (QED) is 0.122. The smallest absolute Gasteiger partial charge is 0.679 e. The minimum atomic E-state index is -0.968. The molecule has 8 aromatic rings. The number of carbonyl (C=O) groups is 2. The third kappa shape index (κ3) is 16.1. The summed E-state index contributed by atoms with van der Waals surface area (Å²) in [5.74, 6) is -1.67. The van der Waals surface area contributed by atoms with E-state index in [4.69, 9.17) is 31.3 Å². The van der Waals surface area contributed by atoms with Gasteiger partial charge in [-0.25, -0.2) is 0 Å². The van der Waals surface area contributed by atoms with Gasteiger partial charge in [0.1, 0.15) is 31.8 Å². The van der Waals surface area contributed by atoms with Gasteiger partial charge in [-0.1, -0.05) is 133 Å². The first-order chi connectivity index (χ1) is 28.2. The third-order valence-electron chi connectivity index (χ3n) is 8.45. The van der Waals surface area contributed by atoms with Gasteiger partial charge in [0.05, 0.1) is 15.8 Å². The number of carboxylic acids is 2. The number of rotatable bonds is 7. The Labute approximate surface area is 363 Å². The number of fused-ring (bicyclic) bond motifs is 2. The van der Waals surface area contributed by atoms with Crippen LogP contribution < -0.4 is 31.8 Å². The molecule has 0 heterocycles. The van der Waals surface area contributed by atoms with Gasteiger partial charge in [0.25, 0.3) is 11.9 Å². The van der Waals surface area contributed by atoms with E-state index in [0.29, 0.717) is 0 Å². The molecule has 4 N–H and O–H groups in total. The molecule has 59 heavy (non-hydrogen) atoms. The van der Waals surface area contributed by atoms with Crippen LogP contribution in [0.1, 0.15) is 13.8 Å². The van der Waals surface area contributed by atoms with Crippen molar-refractivity contribution in [3.63, 3.8) is 0 Å². The van der Waals surface area contributed by atoms with Crippen molar-refractivity contribution in [3.8, 4) is 0 Å². The van der Waals surface area contributed by atoms with Gasteiger partial charge in [0.2, 0.25) is 0 Å². The van der Waals surface area contributed by atoms with Crippen LogP contribution in [-0.2, 0) is 29.1 Å². The number of benzene rings is 8. The SMILES string of the molecule is CC(=O)O.CC(=O)O.[NH-]CC[NH-].[Ru+2].c1ccc([PH+](c2ccccc2)c2ccc3ccccc3c2)cc1.c1ccc([PH+](c2ccccc2)c2ccc3ccccc3c2)cc1. The second-order valence-corrected chi connectivity index (χ2v) is 17.8. The van der Waals surface area contributed by atoms with Crippen LogP contribution in [0.3, 0.4) is 0 Å². The minimum absolute atomic E-state index is 0. The van der Waals surface area contributed by atoms with Crippen molar-refractivity contribution >= 4 is 81.2 Å². The molecule has 0 aliphatic heterocycles. The zero-order valence-corrected chi connectivity index (χ0v) is 36.8. The first-order valence-corrected chi connectivity index (χ1v) is 21.8. The minimum Gasteiger partial charge on any atom is -0.679 e. The van der Waals surface area contributed by atoms with Crippen molar-refractivity contribution < 1.29 is 39.3 Å². The topological polar surface area (TPSA) is 122 Å². The van der Waals surface area contributed by atoms with Crippen molar-refractivity contribution in [2.45, 2.75) is 13.8 Å². The molecule has 0 aliphatic carbocycles. The Hall–Kier alpha value is -5.38. The molecule has 0 radical (unpaired) electrons. The van der Waals surface area contributed by atoms with E-state index in [1.165, 1.54) is 53.4 Å². The number of aliphatic carboxylic acids is 2. The van der Waals surface area contributed by atoms with Crippen molar-refractivity contribution in [3.05, 3.63) is 218 Å². The Morgan fingerprint density at radius 3 is 0.831 bits per heavy atom. The normalized spacial score (nSPS) is 9.93. The predicted octanol–water partition coefficient (Wildman–Crippen LogP) is 9.93. The molecule has 0 bridgehead atoms. The molecule has 0 aromatic heterocycles. The molecule has 0 amide bonds. The van der Waals surface area contributed by atoms with E-state index in [2.05, 4.69) is 206 Å². The largest absolute Gasteiger partial charge is 2.00 e. The van der Waals surface area contributed by atoms with Gasteiger partial charge in [0, 0.05) is 13.8 Å². The molecule has 0 saturated carbocycles. The third-order valence-corrected chi connectivity index (χ3v) is 13.9. The van der Waals surface area contributed by atoms with E-state index in [-0.39, 0.29) is 32.6 Å². The standard InChI is InChI=1S/2C22H17P.C2H6N2.2C2H4O2.Ru/c2*1-3-11-20(12-4-1)23(21-13-5-2-6-14-21)22-16-15-18-9-7-8-10-19(18)17-22;3-1-2-4;2*1-2(3)4;/h2*1-17H;3-4H,1-2H2;2*1H3,(H,3,4);/q;;-2;;;+2/p+2. The van der Waals surface area contributed by atoms with E-state index < -0.39 is 27.8 Å². The Balaban J connectivity index is 0.000000245. The summed E-state index contributed by atoms with van der Waals surface area (Å²) in [6, 6.07) is 74.6. The fourth-order valence-corrected chi connectivity index (χ4v) is 11.3. The summed E-state index contributed by atoms with van der Waals surface area (Å²) < 4.78 is 0. The molecule has 0 unspecified atom stereocenters. The Kier molecular flexibility index (Phi) is 21.6. The molecular weight excluding hydrogens is 856 g/mol. The van der Waals surface area contributed by atoms with Gasteiger partial charge in [-0.15, -0.1) is 0 Å². The van der Waals surface area contributed by atoms with E-state index in [0.717, 1.165) is 13.8 Å². The van der Waals surface area contributed by atoms with Crippen LogP contribution in [0.25, 0.3) is 33.0 Å². The average Bonchev–Trinajstić information content (AvgIpc) is 3.25. The number of nitrogens with one attached hydrogen (secondary N) is 2. The summed E-state index contributed by atoms with van der Waals surface area (Å²) in [7, 11) is -1.94. The molecule has 0 spiro atoms. The molecule has 0 fully saturated rings. The second kappa shape index (κ2) is 26.6. The molecule has 6 nitrogen and oxygen atoms in total. The fraction of sp³-hybridized carbons (Fsp3) is 0.0800. The summed E-state index contributed by atoms with van der Waals surface area (Å²) in [6.45, 7) is 2.64. The van der Waals surface area contributed by atoms with Crippen LogP contribution in [0.15, 0.2) is 206 Å². The van der Waals surface area contributed by atoms with Crippen LogP contribution in [-0.4, -0.2) is 35.2 Å². The van der Waals surface area contributed by atoms with Gasteiger partial charge in [-0.05, 0) is 94.3 Å². The maximum atomic E-state index is 9.00.